The van der Waals surface area contributed by atoms with E-state index in [1.807, 2.05) is 29.2 Å². The third kappa shape index (κ3) is 3.58. The number of nitriles is 1. The van der Waals surface area contributed by atoms with Gasteiger partial charge in [0.1, 0.15) is 0 Å². The van der Waals surface area contributed by atoms with Gasteiger partial charge in [0.25, 0.3) is 0 Å². The minimum Gasteiger partial charge on any atom is -0.343 e. The molecule has 1 aromatic rings. The molecule has 4 heteroatoms. The Bertz CT molecular complexity index is 521. The molecule has 0 spiro atoms. The van der Waals surface area contributed by atoms with Crippen molar-refractivity contribution in [3.63, 3.8) is 0 Å². The van der Waals surface area contributed by atoms with Crippen LogP contribution in [0.15, 0.2) is 24.3 Å². The van der Waals surface area contributed by atoms with E-state index < -0.39 is 0 Å². The lowest BCUT2D eigenvalue weighted by Crippen LogP contribution is -2.49. The molecule has 1 aliphatic heterocycles. The number of hydrogen-bond acceptors (Lipinski definition) is 3. The van der Waals surface area contributed by atoms with E-state index in [1.54, 1.807) is 6.92 Å². The van der Waals surface area contributed by atoms with E-state index in [-0.39, 0.29) is 5.91 Å². The lowest BCUT2D eigenvalue weighted by Gasteiger charge is -2.37. The van der Waals surface area contributed by atoms with Gasteiger partial charge < -0.3 is 10.2 Å². The van der Waals surface area contributed by atoms with Crippen LogP contribution in [0, 0.1) is 17.2 Å². The quantitative estimate of drug-likeness (QED) is 0.913. The van der Waals surface area contributed by atoms with Crippen LogP contribution in [0.4, 0.5) is 0 Å². The molecule has 1 amide bonds. The van der Waals surface area contributed by atoms with Crippen LogP contribution >= 0.6 is 0 Å². The molecular formula is C16H21N3O. The van der Waals surface area contributed by atoms with Crippen LogP contribution in [0.3, 0.4) is 0 Å². The van der Waals surface area contributed by atoms with E-state index in [1.165, 1.54) is 0 Å². The first-order valence-electron chi connectivity index (χ1n) is 7.08. The second-order valence-corrected chi connectivity index (χ2v) is 5.53. The number of carbonyl (C=O) groups excluding carboxylic acids is 1. The average molecular weight is 271 g/mol. The van der Waals surface area contributed by atoms with Crippen molar-refractivity contribution in [1.29, 1.82) is 5.26 Å². The first-order valence-corrected chi connectivity index (χ1v) is 7.08. The lowest BCUT2D eigenvalue weighted by atomic mass is 9.93. The first kappa shape index (κ1) is 14.5. The highest BCUT2D eigenvalue weighted by molar-refractivity contribution is 5.73. The zero-order chi connectivity index (χ0) is 14.5. The maximum absolute atomic E-state index is 11.4. The molecule has 2 unspecified atom stereocenters. The van der Waals surface area contributed by atoms with Crippen molar-refractivity contribution in [2.24, 2.45) is 5.92 Å². The van der Waals surface area contributed by atoms with E-state index in [2.05, 4.69) is 18.3 Å². The summed E-state index contributed by atoms with van der Waals surface area (Å²) in [4.78, 5) is 13.3. The molecular weight excluding hydrogens is 250 g/mol. The summed E-state index contributed by atoms with van der Waals surface area (Å²) in [6.45, 7) is 6.23. The fourth-order valence-electron chi connectivity index (χ4n) is 2.73. The predicted molar refractivity (Wildman–Crippen MR) is 77.8 cm³/mol. The minimum atomic E-state index is 0.164. The molecule has 106 valence electrons. The molecule has 20 heavy (non-hydrogen) atoms. The van der Waals surface area contributed by atoms with Crippen LogP contribution in [-0.4, -0.2) is 29.9 Å². The second-order valence-electron chi connectivity index (χ2n) is 5.53. The molecule has 1 N–H and O–H groups in total. The van der Waals surface area contributed by atoms with Crippen LogP contribution < -0.4 is 5.32 Å². The number of likely N-dealkylation sites (tertiary alicyclic amines) is 1. The average Bonchev–Trinajstić information content (AvgIpc) is 2.46. The third-order valence-corrected chi connectivity index (χ3v) is 3.98. The van der Waals surface area contributed by atoms with Gasteiger partial charge in [-0.05, 0) is 30.0 Å². The zero-order valence-corrected chi connectivity index (χ0v) is 12.1. The van der Waals surface area contributed by atoms with Crippen molar-refractivity contribution in [3.8, 4) is 6.07 Å². The number of piperidine rings is 1. The Hall–Kier alpha value is -1.86. The Labute approximate surface area is 120 Å². The topological polar surface area (TPSA) is 56.1 Å². The Morgan fingerprint density at radius 2 is 2.35 bits per heavy atom. The smallest absolute Gasteiger partial charge is 0.219 e. The summed E-state index contributed by atoms with van der Waals surface area (Å²) in [7, 11) is 0. The Kier molecular flexibility index (Phi) is 4.75. The van der Waals surface area contributed by atoms with Crippen LogP contribution in [0.5, 0.6) is 0 Å². The number of benzene rings is 1. The van der Waals surface area contributed by atoms with Crippen LogP contribution in [-0.2, 0) is 11.3 Å². The fraction of sp³-hybridized carbons (Fsp3) is 0.500. The number of carbonyl (C=O) groups is 1. The standard InChI is InChI=1S/C16H21N3O/c1-12-11-19(13(2)20)7-6-16(12)18-10-15-5-3-4-14(8-15)9-17/h3-5,8,12,16,18H,6-7,10-11H2,1-2H3. The number of amides is 1. The molecule has 2 rings (SSSR count). The zero-order valence-electron chi connectivity index (χ0n) is 12.1. The summed E-state index contributed by atoms with van der Waals surface area (Å²) in [5, 5.41) is 12.4. The van der Waals surface area contributed by atoms with Crippen molar-refractivity contribution < 1.29 is 4.79 Å². The summed E-state index contributed by atoms with van der Waals surface area (Å²) in [5.41, 5.74) is 1.83. The maximum Gasteiger partial charge on any atom is 0.219 e. The number of nitrogens with zero attached hydrogens (tertiary/aromatic N) is 2. The number of rotatable bonds is 3. The van der Waals surface area contributed by atoms with Crippen molar-refractivity contribution in [2.75, 3.05) is 13.1 Å². The van der Waals surface area contributed by atoms with Gasteiger partial charge in [-0.2, -0.15) is 5.26 Å². The van der Waals surface area contributed by atoms with E-state index in [9.17, 15) is 4.79 Å². The minimum absolute atomic E-state index is 0.164. The molecule has 0 saturated carbocycles. The van der Waals surface area contributed by atoms with Crippen molar-refractivity contribution in [2.45, 2.75) is 32.9 Å². The second kappa shape index (κ2) is 6.53. The monoisotopic (exact) mass is 271 g/mol. The number of nitrogens with one attached hydrogen (secondary N) is 1. The van der Waals surface area contributed by atoms with Gasteiger partial charge in [-0.25, -0.2) is 0 Å². The molecule has 1 fully saturated rings. The Morgan fingerprint density at radius 1 is 1.55 bits per heavy atom. The van der Waals surface area contributed by atoms with Crippen molar-refractivity contribution >= 4 is 5.91 Å². The number of hydrogen-bond donors (Lipinski definition) is 1. The highest BCUT2D eigenvalue weighted by Gasteiger charge is 2.26. The highest BCUT2D eigenvalue weighted by Crippen LogP contribution is 2.17. The van der Waals surface area contributed by atoms with Crippen LogP contribution in [0.1, 0.15) is 31.4 Å². The summed E-state index contributed by atoms with van der Waals surface area (Å²) in [6.07, 6.45) is 0.985. The largest absolute Gasteiger partial charge is 0.343 e. The van der Waals surface area contributed by atoms with E-state index >= 15 is 0 Å². The third-order valence-electron chi connectivity index (χ3n) is 3.98. The predicted octanol–water partition coefficient (Wildman–Crippen LogP) is 1.90. The van der Waals surface area contributed by atoms with Crippen molar-refractivity contribution in [1.82, 2.24) is 10.2 Å². The summed E-state index contributed by atoms with van der Waals surface area (Å²) in [6, 6.07) is 10.3. The van der Waals surface area contributed by atoms with Gasteiger partial charge in [-0.3, -0.25) is 4.79 Å². The molecule has 1 aliphatic rings. The fourth-order valence-corrected chi connectivity index (χ4v) is 2.73. The van der Waals surface area contributed by atoms with Gasteiger partial charge >= 0.3 is 0 Å². The molecule has 0 bridgehead atoms. The van der Waals surface area contributed by atoms with E-state index in [4.69, 9.17) is 5.26 Å². The van der Waals surface area contributed by atoms with E-state index in [0.29, 0.717) is 17.5 Å². The molecule has 0 aliphatic carbocycles. The molecule has 2 atom stereocenters. The van der Waals surface area contributed by atoms with Gasteiger partial charge in [0.2, 0.25) is 5.91 Å². The van der Waals surface area contributed by atoms with Gasteiger partial charge in [0, 0.05) is 32.6 Å². The summed E-state index contributed by atoms with van der Waals surface area (Å²) >= 11 is 0. The highest BCUT2D eigenvalue weighted by atomic mass is 16.2. The molecule has 0 radical (unpaired) electrons. The van der Waals surface area contributed by atoms with Crippen molar-refractivity contribution in [3.05, 3.63) is 35.4 Å². The molecule has 1 aromatic carbocycles. The van der Waals surface area contributed by atoms with Gasteiger partial charge in [-0.1, -0.05) is 19.1 Å². The molecule has 1 saturated heterocycles. The summed E-state index contributed by atoms with van der Waals surface area (Å²) < 4.78 is 0. The molecule has 1 heterocycles. The van der Waals surface area contributed by atoms with E-state index in [0.717, 1.165) is 31.6 Å². The van der Waals surface area contributed by atoms with Crippen LogP contribution in [0.2, 0.25) is 0 Å². The van der Waals surface area contributed by atoms with Gasteiger partial charge in [0.15, 0.2) is 0 Å². The maximum atomic E-state index is 11.4. The first-order chi connectivity index (χ1) is 9.60. The Morgan fingerprint density at radius 3 is 3.00 bits per heavy atom. The normalized spacial score (nSPS) is 22.4. The van der Waals surface area contributed by atoms with Gasteiger partial charge in [-0.15, -0.1) is 0 Å². The van der Waals surface area contributed by atoms with Crippen LogP contribution in [0.25, 0.3) is 0 Å². The summed E-state index contributed by atoms with van der Waals surface area (Å²) in [5.74, 6) is 0.615. The molecule has 4 nitrogen and oxygen atoms in total. The Balaban J connectivity index is 1.88. The van der Waals surface area contributed by atoms with Gasteiger partial charge in [0.05, 0.1) is 11.6 Å². The molecule has 0 aromatic heterocycles. The SMILES string of the molecule is CC(=O)N1CCC(NCc2cccc(C#N)c2)C(C)C1. The lowest BCUT2D eigenvalue weighted by molar-refractivity contribution is -0.130.